The molecule has 0 radical (unpaired) electrons. The fourth-order valence-electron chi connectivity index (χ4n) is 3.20. The number of aromatic nitrogens is 2. The Bertz CT molecular complexity index is 797. The summed E-state index contributed by atoms with van der Waals surface area (Å²) >= 11 is 0. The molecule has 6 nitrogen and oxygen atoms in total. The minimum Gasteiger partial charge on any atom is -0.354 e. The maximum absolute atomic E-state index is 12.7. The Morgan fingerprint density at radius 1 is 1.12 bits per heavy atom. The van der Waals surface area contributed by atoms with E-state index in [9.17, 15) is 4.79 Å². The predicted octanol–water partition coefficient (Wildman–Crippen LogP) is 2.80. The van der Waals surface area contributed by atoms with Crippen molar-refractivity contribution in [2.75, 3.05) is 42.9 Å². The van der Waals surface area contributed by atoms with E-state index in [-0.39, 0.29) is 5.91 Å². The number of amides is 1. The standard InChI is InChI=1S/C20H27N5O/c1-5-24-9-11-25(12-10-24)19-13-18(21-16(4)22-19)20(26)23-17-8-6-7-14(2)15(17)3/h6-8,13H,5,9-12H2,1-4H3,(H,23,26). The predicted molar refractivity (Wildman–Crippen MR) is 105 cm³/mol. The third-order valence-electron chi connectivity index (χ3n) is 5.05. The zero-order valence-electron chi connectivity index (χ0n) is 16.0. The van der Waals surface area contributed by atoms with Gasteiger partial charge in [0.15, 0.2) is 0 Å². The number of piperazine rings is 1. The van der Waals surface area contributed by atoms with Gasteiger partial charge in [-0.15, -0.1) is 0 Å². The molecule has 0 aliphatic carbocycles. The summed E-state index contributed by atoms with van der Waals surface area (Å²) in [5, 5.41) is 2.98. The van der Waals surface area contributed by atoms with Crippen LogP contribution in [0.25, 0.3) is 0 Å². The first-order valence-corrected chi connectivity index (χ1v) is 9.18. The van der Waals surface area contributed by atoms with E-state index in [2.05, 4.69) is 32.0 Å². The zero-order valence-corrected chi connectivity index (χ0v) is 16.0. The van der Waals surface area contributed by atoms with Crippen LogP contribution in [0, 0.1) is 20.8 Å². The maximum Gasteiger partial charge on any atom is 0.274 e. The molecule has 1 fully saturated rings. The third kappa shape index (κ3) is 4.02. The lowest BCUT2D eigenvalue weighted by atomic mass is 10.1. The van der Waals surface area contributed by atoms with Crippen LogP contribution in [-0.4, -0.2) is 53.5 Å². The van der Waals surface area contributed by atoms with Gasteiger partial charge in [-0.05, 0) is 44.5 Å². The number of hydrogen-bond acceptors (Lipinski definition) is 5. The molecule has 1 aromatic carbocycles. The second-order valence-corrected chi connectivity index (χ2v) is 6.78. The molecule has 1 saturated heterocycles. The number of hydrogen-bond donors (Lipinski definition) is 1. The smallest absolute Gasteiger partial charge is 0.274 e. The topological polar surface area (TPSA) is 61.4 Å². The van der Waals surface area contributed by atoms with Crippen molar-refractivity contribution in [2.45, 2.75) is 27.7 Å². The lowest BCUT2D eigenvalue weighted by Gasteiger charge is -2.34. The van der Waals surface area contributed by atoms with E-state index >= 15 is 0 Å². The van der Waals surface area contributed by atoms with Crippen LogP contribution in [0.4, 0.5) is 11.5 Å². The van der Waals surface area contributed by atoms with Crippen molar-refractivity contribution < 1.29 is 4.79 Å². The molecule has 0 unspecified atom stereocenters. The first-order valence-electron chi connectivity index (χ1n) is 9.18. The van der Waals surface area contributed by atoms with Gasteiger partial charge in [-0.25, -0.2) is 9.97 Å². The summed E-state index contributed by atoms with van der Waals surface area (Å²) in [5.74, 6) is 1.25. The maximum atomic E-state index is 12.7. The molecule has 0 bridgehead atoms. The van der Waals surface area contributed by atoms with Crippen molar-refractivity contribution in [3.63, 3.8) is 0 Å². The monoisotopic (exact) mass is 353 g/mol. The summed E-state index contributed by atoms with van der Waals surface area (Å²) in [6, 6.07) is 7.70. The summed E-state index contributed by atoms with van der Waals surface area (Å²) in [7, 11) is 0. The third-order valence-corrected chi connectivity index (χ3v) is 5.05. The van der Waals surface area contributed by atoms with Crippen LogP contribution in [-0.2, 0) is 0 Å². The molecule has 6 heteroatoms. The van der Waals surface area contributed by atoms with E-state index in [1.165, 1.54) is 0 Å². The van der Waals surface area contributed by atoms with Crippen molar-refractivity contribution in [3.05, 3.63) is 46.9 Å². The van der Waals surface area contributed by atoms with E-state index in [4.69, 9.17) is 0 Å². The lowest BCUT2D eigenvalue weighted by molar-refractivity contribution is 0.102. The molecule has 0 spiro atoms. The molecule has 0 saturated carbocycles. The van der Waals surface area contributed by atoms with Gasteiger partial charge in [0.1, 0.15) is 17.3 Å². The highest BCUT2D eigenvalue weighted by Crippen LogP contribution is 2.20. The van der Waals surface area contributed by atoms with E-state index in [0.717, 1.165) is 55.4 Å². The Balaban J connectivity index is 1.79. The number of benzene rings is 1. The minimum absolute atomic E-state index is 0.197. The molecule has 26 heavy (non-hydrogen) atoms. The van der Waals surface area contributed by atoms with E-state index in [0.29, 0.717) is 11.5 Å². The summed E-state index contributed by atoms with van der Waals surface area (Å²) < 4.78 is 0. The Morgan fingerprint density at radius 2 is 1.85 bits per heavy atom. The summed E-state index contributed by atoms with van der Waals surface area (Å²) in [6.45, 7) is 13.0. The van der Waals surface area contributed by atoms with E-state index < -0.39 is 0 Å². The van der Waals surface area contributed by atoms with Gasteiger partial charge in [-0.1, -0.05) is 19.1 Å². The molecule has 2 heterocycles. The van der Waals surface area contributed by atoms with Gasteiger partial charge in [-0.2, -0.15) is 0 Å². The molecule has 3 rings (SSSR count). The SMILES string of the molecule is CCN1CCN(c2cc(C(=O)Nc3cccc(C)c3C)nc(C)n2)CC1. The van der Waals surface area contributed by atoms with Gasteiger partial charge in [0.2, 0.25) is 0 Å². The van der Waals surface area contributed by atoms with Crippen molar-refractivity contribution in [1.82, 2.24) is 14.9 Å². The Kier molecular flexibility index (Phi) is 5.52. The highest BCUT2D eigenvalue weighted by Gasteiger charge is 2.19. The molecule has 0 atom stereocenters. The van der Waals surface area contributed by atoms with Crippen molar-refractivity contribution in [2.24, 2.45) is 0 Å². The quantitative estimate of drug-likeness (QED) is 0.916. The van der Waals surface area contributed by atoms with Crippen LogP contribution in [0.5, 0.6) is 0 Å². The summed E-state index contributed by atoms with van der Waals surface area (Å²) in [5.41, 5.74) is 3.45. The number of carbonyl (C=O) groups is 1. The largest absolute Gasteiger partial charge is 0.354 e. The fraction of sp³-hybridized carbons (Fsp3) is 0.450. The molecule has 1 N–H and O–H groups in total. The van der Waals surface area contributed by atoms with Crippen molar-refractivity contribution >= 4 is 17.4 Å². The van der Waals surface area contributed by atoms with Gasteiger partial charge in [0, 0.05) is 37.9 Å². The number of nitrogens with one attached hydrogen (secondary N) is 1. The second-order valence-electron chi connectivity index (χ2n) is 6.78. The molecule has 1 aliphatic heterocycles. The molecular weight excluding hydrogens is 326 g/mol. The van der Waals surface area contributed by atoms with Gasteiger partial charge < -0.3 is 15.1 Å². The molecule has 2 aromatic rings. The van der Waals surface area contributed by atoms with Crippen LogP contribution < -0.4 is 10.2 Å². The Labute approximate surface area is 155 Å². The zero-order chi connectivity index (χ0) is 18.7. The number of carbonyl (C=O) groups excluding carboxylic acids is 1. The van der Waals surface area contributed by atoms with Crippen LogP contribution in [0.1, 0.15) is 34.4 Å². The van der Waals surface area contributed by atoms with Gasteiger partial charge in [0.05, 0.1) is 0 Å². The highest BCUT2D eigenvalue weighted by atomic mass is 16.1. The Morgan fingerprint density at radius 3 is 2.54 bits per heavy atom. The molecular formula is C20H27N5O. The van der Waals surface area contributed by atoms with Crippen LogP contribution in [0.3, 0.4) is 0 Å². The first-order chi connectivity index (χ1) is 12.5. The number of likely N-dealkylation sites (N-methyl/N-ethyl adjacent to an activating group) is 1. The lowest BCUT2D eigenvalue weighted by Crippen LogP contribution is -2.46. The number of rotatable bonds is 4. The summed E-state index contributed by atoms with van der Waals surface area (Å²) in [4.78, 5) is 26.3. The molecule has 1 amide bonds. The Hall–Kier alpha value is -2.47. The second kappa shape index (κ2) is 7.83. The van der Waals surface area contributed by atoms with Crippen LogP contribution in [0.2, 0.25) is 0 Å². The summed E-state index contributed by atoms with van der Waals surface area (Å²) in [6.07, 6.45) is 0. The number of aryl methyl sites for hydroxylation is 2. The van der Waals surface area contributed by atoms with E-state index in [1.54, 1.807) is 6.07 Å². The van der Waals surface area contributed by atoms with Crippen LogP contribution in [0.15, 0.2) is 24.3 Å². The van der Waals surface area contributed by atoms with Crippen LogP contribution >= 0.6 is 0 Å². The van der Waals surface area contributed by atoms with Gasteiger partial charge in [0.25, 0.3) is 5.91 Å². The van der Waals surface area contributed by atoms with Crippen molar-refractivity contribution in [1.29, 1.82) is 0 Å². The average molecular weight is 353 g/mol. The van der Waals surface area contributed by atoms with Gasteiger partial charge in [-0.3, -0.25) is 4.79 Å². The first kappa shape index (κ1) is 18.3. The molecule has 1 aliphatic rings. The fourth-order valence-corrected chi connectivity index (χ4v) is 3.20. The highest BCUT2D eigenvalue weighted by molar-refractivity contribution is 6.03. The van der Waals surface area contributed by atoms with Gasteiger partial charge >= 0.3 is 0 Å². The molecule has 1 aromatic heterocycles. The van der Waals surface area contributed by atoms with Crippen molar-refractivity contribution in [3.8, 4) is 0 Å². The average Bonchev–Trinajstić information content (AvgIpc) is 2.65. The normalized spacial score (nSPS) is 15.2. The minimum atomic E-state index is -0.197. The number of anilines is 2. The number of nitrogens with zero attached hydrogens (tertiary/aromatic N) is 4. The molecule has 138 valence electrons. The van der Waals surface area contributed by atoms with E-state index in [1.807, 2.05) is 39.0 Å².